The zero-order valence-corrected chi connectivity index (χ0v) is 17.4. The van der Waals surface area contributed by atoms with Gasteiger partial charge in [0.05, 0.1) is 5.92 Å². The molecule has 158 valence electrons. The van der Waals surface area contributed by atoms with Crippen LogP contribution in [0.25, 0.3) is 11.4 Å². The number of aromatic nitrogens is 2. The summed E-state index contributed by atoms with van der Waals surface area (Å²) in [6, 6.07) is 15.2. The van der Waals surface area contributed by atoms with Gasteiger partial charge in [-0.25, -0.2) is 0 Å². The fourth-order valence-electron chi connectivity index (χ4n) is 4.09. The summed E-state index contributed by atoms with van der Waals surface area (Å²) in [5.41, 5.74) is 3.36. The van der Waals surface area contributed by atoms with Crippen molar-refractivity contribution < 1.29 is 14.1 Å². The van der Waals surface area contributed by atoms with Gasteiger partial charge in [0.15, 0.2) is 0 Å². The lowest BCUT2D eigenvalue weighted by molar-refractivity contribution is -0.122. The summed E-state index contributed by atoms with van der Waals surface area (Å²) < 4.78 is 5.43. The second-order valence-corrected chi connectivity index (χ2v) is 8.40. The molecule has 1 aliphatic carbocycles. The maximum atomic E-state index is 12.7. The van der Waals surface area contributed by atoms with Crippen LogP contribution in [0.2, 0.25) is 0 Å². The average molecular weight is 416 g/mol. The Bertz CT molecular complexity index is 1140. The van der Waals surface area contributed by atoms with Crippen LogP contribution in [0.1, 0.15) is 43.1 Å². The highest BCUT2D eigenvalue weighted by atomic mass is 16.5. The van der Waals surface area contributed by atoms with Crippen LogP contribution in [0.4, 0.5) is 11.4 Å². The van der Waals surface area contributed by atoms with Crippen molar-refractivity contribution in [2.75, 3.05) is 16.8 Å². The smallest absolute Gasteiger partial charge is 0.230 e. The lowest BCUT2D eigenvalue weighted by Gasteiger charge is -2.20. The largest absolute Gasteiger partial charge is 0.339 e. The molecular weight excluding hydrogens is 392 g/mol. The molecule has 2 heterocycles. The van der Waals surface area contributed by atoms with E-state index in [-0.39, 0.29) is 18.2 Å². The standard InChI is InChI=1S/C24H24N4O3/c1-15-5-2-9-19(11-15)25-23(30)18-13-21(29)28(14-18)20-10-4-8-17(12-20)22-26-24(31-27-22)16-6-3-7-16/h2,4-5,8-12,16,18H,3,6-7,13-14H2,1H3,(H,25,30). The molecule has 0 spiro atoms. The van der Waals surface area contributed by atoms with Crippen molar-refractivity contribution in [3.8, 4) is 11.4 Å². The summed E-state index contributed by atoms with van der Waals surface area (Å²) >= 11 is 0. The van der Waals surface area contributed by atoms with E-state index in [1.54, 1.807) is 4.90 Å². The van der Waals surface area contributed by atoms with E-state index in [1.807, 2.05) is 55.5 Å². The van der Waals surface area contributed by atoms with Gasteiger partial charge in [-0.3, -0.25) is 9.59 Å². The fraction of sp³-hybridized carbons (Fsp3) is 0.333. The molecule has 5 rings (SSSR count). The Labute approximate surface area is 180 Å². The van der Waals surface area contributed by atoms with Crippen molar-refractivity contribution in [3.05, 3.63) is 60.0 Å². The molecule has 2 aromatic carbocycles. The SMILES string of the molecule is Cc1cccc(NC(=O)C2CC(=O)N(c3cccc(-c4noc(C5CCC5)n4)c3)C2)c1. The predicted molar refractivity (Wildman–Crippen MR) is 117 cm³/mol. The number of nitrogens with zero attached hydrogens (tertiary/aromatic N) is 3. The molecule has 1 aromatic heterocycles. The number of aryl methyl sites for hydroxylation is 1. The monoisotopic (exact) mass is 416 g/mol. The van der Waals surface area contributed by atoms with Crippen LogP contribution >= 0.6 is 0 Å². The molecule has 1 unspecified atom stereocenters. The van der Waals surface area contributed by atoms with Crippen molar-refractivity contribution in [2.45, 2.75) is 38.5 Å². The molecule has 3 aromatic rings. The van der Waals surface area contributed by atoms with E-state index < -0.39 is 5.92 Å². The first-order valence-electron chi connectivity index (χ1n) is 10.7. The van der Waals surface area contributed by atoms with Gasteiger partial charge in [-0.2, -0.15) is 4.98 Å². The lowest BCUT2D eigenvalue weighted by Crippen LogP contribution is -2.28. The third-order valence-corrected chi connectivity index (χ3v) is 6.09. The molecule has 0 bridgehead atoms. The fourth-order valence-corrected chi connectivity index (χ4v) is 4.09. The summed E-state index contributed by atoms with van der Waals surface area (Å²) in [6.45, 7) is 2.32. The molecule has 7 heteroatoms. The van der Waals surface area contributed by atoms with Gasteiger partial charge in [0.1, 0.15) is 0 Å². The number of benzene rings is 2. The van der Waals surface area contributed by atoms with Crippen LogP contribution in [0.15, 0.2) is 53.1 Å². The van der Waals surface area contributed by atoms with Crippen molar-refractivity contribution in [1.82, 2.24) is 10.1 Å². The summed E-state index contributed by atoms with van der Waals surface area (Å²) in [5, 5.41) is 7.05. The van der Waals surface area contributed by atoms with Gasteiger partial charge in [-0.05, 0) is 49.6 Å². The highest BCUT2D eigenvalue weighted by molar-refractivity contribution is 6.03. The van der Waals surface area contributed by atoms with E-state index in [1.165, 1.54) is 6.42 Å². The number of hydrogen-bond acceptors (Lipinski definition) is 5. The van der Waals surface area contributed by atoms with Crippen LogP contribution in [0.5, 0.6) is 0 Å². The summed E-state index contributed by atoms with van der Waals surface area (Å²) in [6.07, 6.45) is 3.58. The molecule has 1 saturated carbocycles. The maximum absolute atomic E-state index is 12.7. The van der Waals surface area contributed by atoms with Crippen molar-refractivity contribution >= 4 is 23.2 Å². The van der Waals surface area contributed by atoms with Crippen LogP contribution in [0.3, 0.4) is 0 Å². The second-order valence-electron chi connectivity index (χ2n) is 8.40. The number of rotatable bonds is 5. The minimum Gasteiger partial charge on any atom is -0.339 e. The van der Waals surface area contributed by atoms with E-state index in [0.29, 0.717) is 24.2 Å². The van der Waals surface area contributed by atoms with E-state index in [4.69, 9.17) is 4.52 Å². The molecule has 7 nitrogen and oxygen atoms in total. The Balaban J connectivity index is 1.30. The second kappa shape index (κ2) is 7.98. The Morgan fingerprint density at radius 1 is 1.16 bits per heavy atom. The summed E-state index contributed by atoms with van der Waals surface area (Å²) in [5.74, 6) is 0.996. The lowest BCUT2D eigenvalue weighted by atomic mass is 9.85. The first kappa shape index (κ1) is 19.5. The first-order valence-corrected chi connectivity index (χ1v) is 10.7. The van der Waals surface area contributed by atoms with Crippen LogP contribution in [-0.4, -0.2) is 28.5 Å². The Morgan fingerprint density at radius 2 is 2.00 bits per heavy atom. The zero-order valence-electron chi connectivity index (χ0n) is 17.4. The molecule has 1 atom stereocenters. The number of anilines is 2. The van der Waals surface area contributed by atoms with Crippen LogP contribution in [-0.2, 0) is 9.59 Å². The van der Waals surface area contributed by atoms with Crippen LogP contribution < -0.4 is 10.2 Å². The van der Waals surface area contributed by atoms with Crippen LogP contribution in [0, 0.1) is 12.8 Å². The molecule has 31 heavy (non-hydrogen) atoms. The Morgan fingerprint density at radius 3 is 2.77 bits per heavy atom. The molecule has 2 amide bonds. The van der Waals surface area contributed by atoms with Gasteiger partial charge >= 0.3 is 0 Å². The van der Waals surface area contributed by atoms with Crippen molar-refractivity contribution in [2.24, 2.45) is 5.92 Å². The van der Waals surface area contributed by atoms with E-state index in [2.05, 4.69) is 15.5 Å². The molecule has 1 N–H and O–H groups in total. The number of nitrogens with one attached hydrogen (secondary N) is 1. The molecule has 2 aliphatic rings. The third kappa shape index (κ3) is 3.95. The van der Waals surface area contributed by atoms with Gasteiger partial charge in [0.2, 0.25) is 23.5 Å². The van der Waals surface area contributed by atoms with Gasteiger partial charge in [-0.1, -0.05) is 35.8 Å². The number of amides is 2. The van der Waals surface area contributed by atoms with E-state index >= 15 is 0 Å². The highest BCUT2D eigenvalue weighted by Crippen LogP contribution is 2.36. The Kier molecular flexibility index (Phi) is 5.02. The molecule has 1 aliphatic heterocycles. The number of carbonyl (C=O) groups is 2. The van der Waals surface area contributed by atoms with Crippen molar-refractivity contribution in [1.29, 1.82) is 0 Å². The van der Waals surface area contributed by atoms with Gasteiger partial charge < -0.3 is 14.7 Å². The first-order chi connectivity index (χ1) is 15.1. The maximum Gasteiger partial charge on any atom is 0.230 e. The van der Waals surface area contributed by atoms with Gasteiger partial charge in [0.25, 0.3) is 0 Å². The van der Waals surface area contributed by atoms with E-state index in [9.17, 15) is 9.59 Å². The number of carbonyl (C=O) groups excluding carboxylic acids is 2. The summed E-state index contributed by atoms with van der Waals surface area (Å²) in [4.78, 5) is 31.6. The van der Waals surface area contributed by atoms with Gasteiger partial charge in [-0.15, -0.1) is 0 Å². The zero-order chi connectivity index (χ0) is 21.4. The molecule has 0 radical (unpaired) electrons. The normalized spacial score (nSPS) is 18.8. The number of hydrogen-bond donors (Lipinski definition) is 1. The predicted octanol–water partition coefficient (Wildman–Crippen LogP) is 4.30. The van der Waals surface area contributed by atoms with E-state index in [0.717, 1.165) is 35.3 Å². The quantitative estimate of drug-likeness (QED) is 0.670. The van der Waals surface area contributed by atoms with Gasteiger partial charge in [0, 0.05) is 35.8 Å². The molecular formula is C24H24N4O3. The highest BCUT2D eigenvalue weighted by Gasteiger charge is 2.35. The summed E-state index contributed by atoms with van der Waals surface area (Å²) in [7, 11) is 0. The third-order valence-electron chi connectivity index (χ3n) is 6.09. The molecule has 1 saturated heterocycles. The van der Waals surface area contributed by atoms with Crippen molar-refractivity contribution in [3.63, 3.8) is 0 Å². The Hall–Kier alpha value is -3.48. The minimum atomic E-state index is -0.396. The minimum absolute atomic E-state index is 0.0650. The topological polar surface area (TPSA) is 88.3 Å². The average Bonchev–Trinajstić information content (AvgIpc) is 3.34. The molecule has 2 fully saturated rings.